The van der Waals surface area contributed by atoms with Gasteiger partial charge in [-0.2, -0.15) is 0 Å². The summed E-state index contributed by atoms with van der Waals surface area (Å²) in [6.45, 7) is 6.65. The van der Waals surface area contributed by atoms with Crippen LogP contribution in [-0.2, 0) is 9.53 Å². The van der Waals surface area contributed by atoms with E-state index in [0.29, 0.717) is 12.5 Å². The Kier molecular flexibility index (Phi) is 5.29. The van der Waals surface area contributed by atoms with Crippen molar-refractivity contribution in [3.8, 4) is 11.5 Å². The van der Waals surface area contributed by atoms with Crippen molar-refractivity contribution < 1.29 is 19.0 Å². The third kappa shape index (κ3) is 3.36. The summed E-state index contributed by atoms with van der Waals surface area (Å²) in [6.07, 6.45) is 2.06. The van der Waals surface area contributed by atoms with E-state index in [0.717, 1.165) is 43.0 Å². The number of rotatable bonds is 6. The lowest BCUT2D eigenvalue weighted by atomic mass is 9.83. The molecular weight excluding hydrogens is 306 g/mol. The third-order valence-electron chi connectivity index (χ3n) is 5.19. The quantitative estimate of drug-likeness (QED) is 0.811. The molecule has 24 heavy (non-hydrogen) atoms. The lowest BCUT2D eigenvalue weighted by Crippen LogP contribution is -2.53. The van der Waals surface area contributed by atoms with Crippen molar-refractivity contribution in [3.63, 3.8) is 0 Å². The van der Waals surface area contributed by atoms with Crippen LogP contribution in [0.15, 0.2) is 18.2 Å². The van der Waals surface area contributed by atoms with Crippen LogP contribution in [0.25, 0.3) is 0 Å². The van der Waals surface area contributed by atoms with Crippen molar-refractivity contribution >= 4 is 5.97 Å². The Morgan fingerprint density at radius 1 is 1.38 bits per heavy atom. The van der Waals surface area contributed by atoms with E-state index in [1.807, 2.05) is 25.1 Å². The third-order valence-corrected chi connectivity index (χ3v) is 5.19. The monoisotopic (exact) mass is 333 g/mol. The number of esters is 1. The standard InChI is InChI=1S/C19H27NO4/c1-4-5-15(12(2)19(21)22-3)13-6-7-16-17(8-13)24-18(11-23-16)14-9-20-10-14/h6-8,12,14-15,18,20H,4-5,9-11H2,1-3H3. The number of carbonyl (C=O) groups excluding carboxylic acids is 1. The smallest absolute Gasteiger partial charge is 0.308 e. The summed E-state index contributed by atoms with van der Waals surface area (Å²) in [5.74, 6) is 1.90. The minimum Gasteiger partial charge on any atom is -0.486 e. The highest BCUT2D eigenvalue weighted by Crippen LogP contribution is 2.39. The van der Waals surface area contributed by atoms with Crippen molar-refractivity contribution in [1.82, 2.24) is 5.32 Å². The first-order chi connectivity index (χ1) is 11.6. The predicted molar refractivity (Wildman–Crippen MR) is 91.5 cm³/mol. The van der Waals surface area contributed by atoms with Gasteiger partial charge in [0, 0.05) is 19.0 Å². The fourth-order valence-corrected chi connectivity index (χ4v) is 3.51. The molecule has 5 heteroatoms. The van der Waals surface area contributed by atoms with E-state index < -0.39 is 0 Å². The maximum Gasteiger partial charge on any atom is 0.308 e. The van der Waals surface area contributed by atoms with Gasteiger partial charge in [0.1, 0.15) is 12.7 Å². The minimum absolute atomic E-state index is 0.108. The predicted octanol–water partition coefficient (Wildman–Crippen LogP) is 2.74. The van der Waals surface area contributed by atoms with Crippen LogP contribution in [0, 0.1) is 11.8 Å². The average Bonchev–Trinajstić information content (AvgIpc) is 2.56. The maximum absolute atomic E-state index is 12.0. The Hall–Kier alpha value is -1.75. The van der Waals surface area contributed by atoms with Crippen molar-refractivity contribution in [2.45, 2.75) is 38.7 Å². The molecule has 3 atom stereocenters. The zero-order valence-electron chi connectivity index (χ0n) is 14.7. The van der Waals surface area contributed by atoms with Gasteiger partial charge in [0.2, 0.25) is 0 Å². The molecule has 0 saturated carbocycles. The number of benzene rings is 1. The van der Waals surface area contributed by atoms with E-state index in [-0.39, 0.29) is 23.9 Å². The van der Waals surface area contributed by atoms with Gasteiger partial charge in [0.25, 0.3) is 0 Å². The summed E-state index contributed by atoms with van der Waals surface area (Å²) in [5, 5.41) is 3.28. The summed E-state index contributed by atoms with van der Waals surface area (Å²) in [4.78, 5) is 12.0. The molecule has 2 aliphatic heterocycles. The topological polar surface area (TPSA) is 56.8 Å². The van der Waals surface area contributed by atoms with E-state index >= 15 is 0 Å². The van der Waals surface area contributed by atoms with E-state index in [1.54, 1.807) is 0 Å². The van der Waals surface area contributed by atoms with E-state index in [4.69, 9.17) is 14.2 Å². The first-order valence-corrected chi connectivity index (χ1v) is 8.86. The largest absolute Gasteiger partial charge is 0.486 e. The molecule has 2 heterocycles. The fourth-order valence-electron chi connectivity index (χ4n) is 3.51. The molecule has 2 aliphatic rings. The van der Waals surface area contributed by atoms with Crippen molar-refractivity contribution in [2.24, 2.45) is 11.8 Å². The summed E-state index contributed by atoms with van der Waals surface area (Å²) in [6, 6.07) is 6.06. The van der Waals surface area contributed by atoms with Crippen LogP contribution < -0.4 is 14.8 Å². The van der Waals surface area contributed by atoms with E-state index in [1.165, 1.54) is 7.11 Å². The molecule has 1 aromatic rings. The first-order valence-electron chi connectivity index (χ1n) is 8.86. The highest BCUT2D eigenvalue weighted by Gasteiger charge is 2.33. The zero-order chi connectivity index (χ0) is 17.1. The Morgan fingerprint density at radius 3 is 2.79 bits per heavy atom. The molecule has 132 valence electrons. The van der Waals surface area contributed by atoms with Gasteiger partial charge in [0.05, 0.1) is 13.0 Å². The molecule has 5 nitrogen and oxygen atoms in total. The maximum atomic E-state index is 12.0. The molecule has 0 amide bonds. The molecule has 1 aromatic carbocycles. The summed E-state index contributed by atoms with van der Waals surface area (Å²) >= 11 is 0. The average molecular weight is 333 g/mol. The van der Waals surface area contributed by atoms with Crippen LogP contribution in [0.4, 0.5) is 0 Å². The number of hydrogen-bond donors (Lipinski definition) is 1. The molecule has 3 unspecified atom stereocenters. The summed E-state index contributed by atoms with van der Waals surface area (Å²) in [5.41, 5.74) is 1.12. The van der Waals surface area contributed by atoms with Crippen LogP contribution >= 0.6 is 0 Å². The van der Waals surface area contributed by atoms with Gasteiger partial charge in [-0.15, -0.1) is 0 Å². The van der Waals surface area contributed by atoms with Gasteiger partial charge in [-0.1, -0.05) is 26.3 Å². The van der Waals surface area contributed by atoms with Gasteiger partial charge in [0.15, 0.2) is 11.5 Å². The van der Waals surface area contributed by atoms with E-state index in [9.17, 15) is 4.79 Å². The van der Waals surface area contributed by atoms with Gasteiger partial charge >= 0.3 is 5.97 Å². The lowest BCUT2D eigenvalue weighted by Gasteiger charge is -2.37. The van der Waals surface area contributed by atoms with Gasteiger partial charge in [-0.25, -0.2) is 0 Å². The normalized spacial score (nSPS) is 22.4. The molecule has 1 saturated heterocycles. The lowest BCUT2D eigenvalue weighted by molar-refractivity contribution is -0.145. The summed E-state index contributed by atoms with van der Waals surface area (Å²) in [7, 11) is 1.45. The Morgan fingerprint density at radius 2 is 2.17 bits per heavy atom. The van der Waals surface area contributed by atoms with Crippen LogP contribution in [0.3, 0.4) is 0 Å². The summed E-state index contributed by atoms with van der Waals surface area (Å²) < 4.78 is 17.0. The molecule has 3 rings (SSSR count). The Balaban J connectivity index is 1.81. The van der Waals surface area contributed by atoms with Crippen molar-refractivity contribution in [1.29, 1.82) is 0 Å². The van der Waals surface area contributed by atoms with Crippen molar-refractivity contribution in [2.75, 3.05) is 26.8 Å². The molecule has 0 aromatic heterocycles. The van der Waals surface area contributed by atoms with Crippen LogP contribution in [0.1, 0.15) is 38.2 Å². The van der Waals surface area contributed by atoms with Crippen LogP contribution in [0.5, 0.6) is 11.5 Å². The second kappa shape index (κ2) is 7.43. The van der Waals surface area contributed by atoms with Gasteiger partial charge in [-0.05, 0) is 30.0 Å². The number of fused-ring (bicyclic) bond motifs is 1. The minimum atomic E-state index is -0.177. The number of carbonyl (C=O) groups is 1. The molecule has 0 radical (unpaired) electrons. The SMILES string of the molecule is CCCC(c1ccc2c(c1)OC(C1CNC1)CO2)C(C)C(=O)OC. The Bertz CT molecular complexity index is 585. The zero-order valence-corrected chi connectivity index (χ0v) is 14.7. The second-order valence-corrected chi connectivity index (χ2v) is 6.80. The fraction of sp³-hybridized carbons (Fsp3) is 0.632. The van der Waals surface area contributed by atoms with Crippen LogP contribution in [-0.4, -0.2) is 38.9 Å². The van der Waals surface area contributed by atoms with E-state index in [2.05, 4.69) is 12.2 Å². The number of ether oxygens (including phenoxy) is 3. The molecule has 1 N–H and O–H groups in total. The first kappa shape index (κ1) is 17.1. The second-order valence-electron chi connectivity index (χ2n) is 6.80. The number of methoxy groups -OCH3 is 1. The molecular formula is C19H27NO4. The number of hydrogen-bond acceptors (Lipinski definition) is 5. The molecule has 0 bridgehead atoms. The number of nitrogens with one attached hydrogen (secondary N) is 1. The molecule has 0 spiro atoms. The van der Waals surface area contributed by atoms with Crippen LogP contribution in [0.2, 0.25) is 0 Å². The van der Waals surface area contributed by atoms with Gasteiger partial charge in [-0.3, -0.25) is 4.79 Å². The molecule has 1 fully saturated rings. The molecule has 0 aliphatic carbocycles. The highest BCUT2D eigenvalue weighted by molar-refractivity contribution is 5.73. The Labute approximate surface area is 143 Å². The van der Waals surface area contributed by atoms with Gasteiger partial charge < -0.3 is 19.5 Å². The van der Waals surface area contributed by atoms with Crippen molar-refractivity contribution in [3.05, 3.63) is 23.8 Å². The highest BCUT2D eigenvalue weighted by atomic mass is 16.6.